The van der Waals surface area contributed by atoms with Crippen molar-refractivity contribution >= 4 is 23.3 Å². The summed E-state index contributed by atoms with van der Waals surface area (Å²) < 4.78 is 0. The zero-order valence-corrected chi connectivity index (χ0v) is 10.7. The monoisotopic (exact) mass is 263 g/mol. The highest BCUT2D eigenvalue weighted by Crippen LogP contribution is 2.41. The van der Waals surface area contributed by atoms with Gasteiger partial charge in [0.1, 0.15) is 11.0 Å². The number of halogens is 1. The van der Waals surface area contributed by atoms with E-state index in [9.17, 15) is 4.79 Å². The lowest BCUT2D eigenvalue weighted by molar-refractivity contribution is 0.0965. The van der Waals surface area contributed by atoms with Crippen molar-refractivity contribution in [2.24, 2.45) is 0 Å². The van der Waals surface area contributed by atoms with Crippen molar-refractivity contribution in [3.8, 4) is 0 Å². The molecule has 1 aromatic heterocycles. The maximum Gasteiger partial charge on any atom is 0.252 e. The zero-order valence-electron chi connectivity index (χ0n) is 9.95. The number of anilines is 1. The molecule has 0 aromatic carbocycles. The molecule has 0 atom stereocenters. The highest BCUT2D eigenvalue weighted by atomic mass is 35.5. The van der Waals surface area contributed by atoms with Crippen molar-refractivity contribution in [3.63, 3.8) is 0 Å². The van der Waals surface area contributed by atoms with Gasteiger partial charge in [-0.25, -0.2) is 4.98 Å². The third kappa shape index (κ3) is 1.32. The number of nitrogens with one attached hydrogen (secondary N) is 1. The third-order valence-corrected chi connectivity index (χ3v) is 4.76. The lowest BCUT2D eigenvalue weighted by atomic mass is 10.0. The van der Waals surface area contributed by atoms with Crippen molar-refractivity contribution in [1.82, 2.24) is 10.3 Å². The van der Waals surface area contributed by atoms with Crippen LogP contribution in [0.15, 0.2) is 6.07 Å². The molecular formula is C13H14ClN3O. The summed E-state index contributed by atoms with van der Waals surface area (Å²) in [5, 5.41) is 3.28. The molecule has 1 aromatic rings. The van der Waals surface area contributed by atoms with Crippen LogP contribution in [0, 0.1) is 0 Å². The van der Waals surface area contributed by atoms with Crippen LogP contribution in [-0.2, 0) is 6.54 Å². The van der Waals surface area contributed by atoms with E-state index in [1.165, 1.54) is 25.7 Å². The van der Waals surface area contributed by atoms with Crippen LogP contribution in [0.3, 0.4) is 0 Å². The Kier molecular flexibility index (Phi) is 2.13. The van der Waals surface area contributed by atoms with Crippen LogP contribution in [-0.4, -0.2) is 23.0 Å². The summed E-state index contributed by atoms with van der Waals surface area (Å²) in [6.07, 6.45) is 4.97. The largest absolute Gasteiger partial charge is 0.351 e. The molecule has 4 nitrogen and oxygen atoms in total. The van der Waals surface area contributed by atoms with Gasteiger partial charge in [0.2, 0.25) is 0 Å². The molecule has 3 aliphatic rings. The maximum atomic E-state index is 11.7. The summed E-state index contributed by atoms with van der Waals surface area (Å²) in [6, 6.07) is 3.11. The topological polar surface area (TPSA) is 45.2 Å². The van der Waals surface area contributed by atoms with E-state index in [0.29, 0.717) is 29.3 Å². The smallest absolute Gasteiger partial charge is 0.252 e. The number of amides is 1. The molecule has 0 radical (unpaired) electrons. The first-order chi connectivity index (χ1) is 8.74. The summed E-state index contributed by atoms with van der Waals surface area (Å²) in [5.41, 5.74) is 1.55. The van der Waals surface area contributed by atoms with Crippen LogP contribution in [0.4, 0.5) is 5.82 Å². The zero-order chi connectivity index (χ0) is 12.3. The van der Waals surface area contributed by atoms with E-state index >= 15 is 0 Å². The van der Waals surface area contributed by atoms with Crippen molar-refractivity contribution < 1.29 is 4.79 Å². The quantitative estimate of drug-likeness (QED) is 0.790. The van der Waals surface area contributed by atoms with Gasteiger partial charge in [-0.3, -0.25) is 4.79 Å². The summed E-state index contributed by atoms with van der Waals surface area (Å²) in [4.78, 5) is 18.6. The average molecular weight is 264 g/mol. The second-order valence-electron chi connectivity index (χ2n) is 5.35. The van der Waals surface area contributed by atoms with Gasteiger partial charge in [-0.05, 0) is 31.7 Å². The number of carbonyl (C=O) groups excluding carboxylic acids is 1. The Labute approximate surface area is 110 Å². The Morgan fingerprint density at radius 1 is 1.28 bits per heavy atom. The number of carbonyl (C=O) groups is 1. The molecule has 0 unspecified atom stereocenters. The third-order valence-electron chi connectivity index (χ3n) is 4.45. The fourth-order valence-electron chi connectivity index (χ4n) is 3.58. The normalized spacial score (nSPS) is 28.7. The van der Waals surface area contributed by atoms with Crippen molar-refractivity contribution in [2.45, 2.75) is 44.3 Å². The SMILES string of the molecule is O=C1NCc2c1cc(N1C3CCC1CC3)nc2Cl. The standard InChI is InChI=1S/C13H14ClN3O/c14-12-10-6-15-13(18)9(10)5-11(16-12)17-7-1-2-8(17)4-3-7/h5,7-8H,1-4,6H2,(H,15,18). The Morgan fingerprint density at radius 2 is 1.94 bits per heavy atom. The van der Waals surface area contributed by atoms with Crippen LogP contribution in [0.2, 0.25) is 5.15 Å². The highest BCUT2D eigenvalue weighted by Gasteiger charge is 2.40. The first kappa shape index (κ1) is 10.6. The van der Waals surface area contributed by atoms with E-state index in [2.05, 4.69) is 15.2 Å². The Hall–Kier alpha value is -1.29. The van der Waals surface area contributed by atoms with E-state index in [4.69, 9.17) is 11.6 Å². The van der Waals surface area contributed by atoms with Crippen molar-refractivity contribution in [2.75, 3.05) is 4.90 Å². The number of rotatable bonds is 1. The molecule has 2 fully saturated rings. The molecule has 4 heterocycles. The van der Waals surface area contributed by atoms with E-state index < -0.39 is 0 Å². The number of aromatic nitrogens is 1. The molecular weight excluding hydrogens is 250 g/mol. The summed E-state index contributed by atoms with van der Waals surface area (Å²) in [5.74, 6) is 0.864. The van der Waals surface area contributed by atoms with E-state index in [-0.39, 0.29) is 5.91 Å². The molecule has 0 aliphatic carbocycles. The van der Waals surface area contributed by atoms with Gasteiger partial charge in [-0.2, -0.15) is 0 Å². The van der Waals surface area contributed by atoms with Crippen molar-refractivity contribution in [1.29, 1.82) is 0 Å². The predicted octanol–water partition coefficient (Wildman–Crippen LogP) is 2.11. The van der Waals surface area contributed by atoms with E-state index in [0.717, 1.165) is 11.4 Å². The summed E-state index contributed by atoms with van der Waals surface area (Å²) in [6.45, 7) is 0.507. The molecule has 1 amide bonds. The number of pyridine rings is 1. The number of hydrogen-bond donors (Lipinski definition) is 1. The fraction of sp³-hybridized carbons (Fsp3) is 0.538. The number of nitrogens with zero attached hydrogens (tertiary/aromatic N) is 2. The van der Waals surface area contributed by atoms with Gasteiger partial charge >= 0.3 is 0 Å². The predicted molar refractivity (Wildman–Crippen MR) is 68.9 cm³/mol. The number of hydrogen-bond acceptors (Lipinski definition) is 3. The first-order valence-electron chi connectivity index (χ1n) is 6.50. The highest BCUT2D eigenvalue weighted by molar-refractivity contribution is 6.31. The molecule has 94 valence electrons. The minimum absolute atomic E-state index is 0.0258. The van der Waals surface area contributed by atoms with E-state index in [1.54, 1.807) is 0 Å². The second-order valence-corrected chi connectivity index (χ2v) is 5.71. The maximum absolute atomic E-state index is 11.7. The first-order valence-corrected chi connectivity index (χ1v) is 6.88. The van der Waals surface area contributed by atoms with Gasteiger partial charge in [0.25, 0.3) is 5.91 Å². The Morgan fingerprint density at radius 3 is 2.61 bits per heavy atom. The van der Waals surface area contributed by atoms with Gasteiger partial charge in [-0.15, -0.1) is 0 Å². The molecule has 2 bridgehead atoms. The summed E-state index contributed by atoms with van der Waals surface area (Å²) in [7, 11) is 0. The molecule has 3 aliphatic heterocycles. The van der Waals surface area contributed by atoms with Crippen LogP contribution in [0.1, 0.15) is 41.6 Å². The minimum Gasteiger partial charge on any atom is -0.351 e. The van der Waals surface area contributed by atoms with Crippen LogP contribution < -0.4 is 10.2 Å². The fourth-order valence-corrected chi connectivity index (χ4v) is 3.84. The molecule has 4 rings (SSSR count). The molecule has 0 saturated carbocycles. The molecule has 18 heavy (non-hydrogen) atoms. The van der Waals surface area contributed by atoms with Gasteiger partial charge in [0.15, 0.2) is 0 Å². The molecule has 0 spiro atoms. The number of fused-ring (bicyclic) bond motifs is 3. The molecule has 5 heteroatoms. The summed E-state index contributed by atoms with van der Waals surface area (Å²) >= 11 is 6.20. The van der Waals surface area contributed by atoms with Crippen LogP contribution in [0.5, 0.6) is 0 Å². The van der Waals surface area contributed by atoms with Crippen LogP contribution in [0.25, 0.3) is 0 Å². The van der Waals surface area contributed by atoms with Gasteiger partial charge < -0.3 is 10.2 Å². The van der Waals surface area contributed by atoms with Gasteiger partial charge in [-0.1, -0.05) is 11.6 Å². The van der Waals surface area contributed by atoms with Crippen molar-refractivity contribution in [3.05, 3.63) is 22.3 Å². The average Bonchev–Trinajstić information content (AvgIpc) is 3.04. The minimum atomic E-state index is -0.0258. The van der Waals surface area contributed by atoms with Gasteiger partial charge in [0.05, 0.1) is 5.56 Å². The second kappa shape index (κ2) is 3.60. The van der Waals surface area contributed by atoms with Crippen LogP contribution >= 0.6 is 11.6 Å². The lowest BCUT2D eigenvalue weighted by Gasteiger charge is -2.23. The Bertz CT molecular complexity index is 525. The lowest BCUT2D eigenvalue weighted by Crippen LogP contribution is -2.29. The van der Waals surface area contributed by atoms with E-state index in [1.807, 2.05) is 6.07 Å². The van der Waals surface area contributed by atoms with Gasteiger partial charge in [0, 0.05) is 24.2 Å². The Balaban J connectivity index is 1.81. The molecule has 1 N–H and O–H groups in total. The molecule has 2 saturated heterocycles.